The highest BCUT2D eigenvalue weighted by Crippen LogP contribution is 2.15. The van der Waals surface area contributed by atoms with Gasteiger partial charge in [-0.1, -0.05) is 72.8 Å². The third-order valence-electron chi connectivity index (χ3n) is 5.41. The predicted molar refractivity (Wildman–Crippen MR) is 140 cm³/mol. The molecule has 0 unspecified atom stereocenters. The second kappa shape index (κ2) is 15.7. The number of alkyl carbamates (subject to hydrolysis) is 1. The van der Waals surface area contributed by atoms with Crippen LogP contribution < -0.4 is 15.4 Å². The van der Waals surface area contributed by atoms with Gasteiger partial charge in [-0.25, -0.2) is 9.59 Å². The van der Waals surface area contributed by atoms with E-state index in [4.69, 9.17) is 18.9 Å². The van der Waals surface area contributed by atoms with Crippen molar-refractivity contribution in [2.45, 2.75) is 32.1 Å². The normalized spacial score (nSPS) is 11.2. The lowest BCUT2D eigenvalue weighted by Crippen LogP contribution is -2.48. The molecule has 0 bridgehead atoms. The van der Waals surface area contributed by atoms with Crippen molar-refractivity contribution in [2.75, 3.05) is 20.3 Å². The fourth-order valence-electron chi connectivity index (χ4n) is 3.44. The van der Waals surface area contributed by atoms with E-state index in [9.17, 15) is 14.4 Å². The number of hydrogen-bond donors (Lipinski definition) is 2. The van der Waals surface area contributed by atoms with Crippen LogP contribution in [0, 0.1) is 0 Å². The summed E-state index contributed by atoms with van der Waals surface area (Å²) in [5.74, 6) is -0.0508. The first-order valence-electron chi connectivity index (χ1n) is 12.2. The number of hydrogen-bond acceptors (Lipinski definition) is 7. The molecule has 0 spiro atoms. The van der Waals surface area contributed by atoms with Crippen molar-refractivity contribution in [1.82, 2.24) is 10.6 Å². The van der Waals surface area contributed by atoms with Crippen LogP contribution in [0.3, 0.4) is 0 Å². The van der Waals surface area contributed by atoms with Crippen molar-refractivity contribution in [1.29, 1.82) is 0 Å². The zero-order chi connectivity index (χ0) is 27.0. The average Bonchev–Trinajstić information content (AvgIpc) is 2.95. The first-order chi connectivity index (χ1) is 18.5. The van der Waals surface area contributed by atoms with Gasteiger partial charge in [0, 0.05) is 26.7 Å². The van der Waals surface area contributed by atoms with Crippen LogP contribution >= 0.6 is 0 Å². The maximum atomic E-state index is 12.8. The predicted octanol–water partition coefficient (Wildman–Crippen LogP) is 4.39. The lowest BCUT2D eigenvalue weighted by Gasteiger charge is -2.19. The molecule has 0 aliphatic heterocycles. The smallest absolute Gasteiger partial charge is 0.445 e. The summed E-state index contributed by atoms with van der Waals surface area (Å²) in [6.07, 6.45) is -0.681. The molecule has 0 fully saturated rings. The first-order valence-corrected chi connectivity index (χ1v) is 12.2. The maximum Gasteiger partial charge on any atom is 0.514 e. The molecule has 9 nitrogen and oxygen atoms in total. The van der Waals surface area contributed by atoms with E-state index in [2.05, 4.69) is 10.6 Å². The summed E-state index contributed by atoms with van der Waals surface area (Å²) < 4.78 is 20.6. The van der Waals surface area contributed by atoms with Crippen LogP contribution in [0.15, 0.2) is 84.9 Å². The summed E-state index contributed by atoms with van der Waals surface area (Å²) >= 11 is 0. The Morgan fingerprint density at radius 3 is 1.97 bits per heavy atom. The van der Waals surface area contributed by atoms with Crippen molar-refractivity contribution in [3.63, 3.8) is 0 Å². The minimum absolute atomic E-state index is 0.0846. The van der Waals surface area contributed by atoms with Crippen LogP contribution in [0.4, 0.5) is 9.59 Å². The second-order valence-electron chi connectivity index (χ2n) is 8.37. The van der Waals surface area contributed by atoms with Crippen molar-refractivity contribution < 1.29 is 33.3 Å². The molecule has 1 atom stereocenters. The summed E-state index contributed by atoms with van der Waals surface area (Å²) in [7, 11) is 1.59. The van der Waals surface area contributed by atoms with Crippen molar-refractivity contribution in [2.24, 2.45) is 0 Å². The van der Waals surface area contributed by atoms with E-state index in [1.165, 1.54) is 0 Å². The molecule has 0 saturated heterocycles. The van der Waals surface area contributed by atoms with E-state index in [1.54, 1.807) is 31.4 Å². The number of rotatable bonds is 13. The minimum atomic E-state index is -0.872. The van der Waals surface area contributed by atoms with Crippen LogP contribution in [0.25, 0.3) is 0 Å². The Morgan fingerprint density at radius 2 is 1.37 bits per heavy atom. The Labute approximate surface area is 222 Å². The van der Waals surface area contributed by atoms with E-state index in [-0.39, 0.29) is 25.5 Å². The Balaban J connectivity index is 1.54. The van der Waals surface area contributed by atoms with Gasteiger partial charge in [-0.3, -0.25) is 4.79 Å². The largest absolute Gasteiger partial charge is 0.514 e. The van der Waals surface area contributed by atoms with Gasteiger partial charge in [0.05, 0.1) is 0 Å². The molecule has 2 amide bonds. The minimum Gasteiger partial charge on any atom is -0.445 e. The monoisotopic (exact) mass is 520 g/mol. The number of benzene rings is 3. The second-order valence-corrected chi connectivity index (χ2v) is 8.37. The van der Waals surface area contributed by atoms with Gasteiger partial charge >= 0.3 is 12.2 Å². The van der Waals surface area contributed by atoms with Gasteiger partial charge in [-0.05, 0) is 35.2 Å². The Kier molecular flexibility index (Phi) is 11.6. The van der Waals surface area contributed by atoms with Gasteiger partial charge in [0.15, 0.2) is 0 Å². The van der Waals surface area contributed by atoms with Crippen LogP contribution in [0.5, 0.6) is 5.75 Å². The van der Waals surface area contributed by atoms with Crippen molar-refractivity contribution in [3.8, 4) is 5.75 Å². The third kappa shape index (κ3) is 10.3. The molecule has 0 radical (unpaired) electrons. The van der Waals surface area contributed by atoms with E-state index in [0.29, 0.717) is 25.3 Å². The molecule has 0 saturated carbocycles. The molecule has 38 heavy (non-hydrogen) atoms. The van der Waals surface area contributed by atoms with Gasteiger partial charge in [0.1, 0.15) is 25.0 Å². The number of carbonyl (C=O) groups excluding carboxylic acids is 3. The average molecular weight is 521 g/mol. The topological polar surface area (TPSA) is 112 Å². The molecule has 2 N–H and O–H groups in total. The molecule has 200 valence electrons. The lowest BCUT2D eigenvalue weighted by molar-refractivity contribution is -0.123. The number of carbonyl (C=O) groups is 3. The van der Waals surface area contributed by atoms with E-state index < -0.39 is 18.3 Å². The highest BCUT2D eigenvalue weighted by atomic mass is 16.7. The SMILES string of the molecule is COCCCNC(=O)[C@H](Cc1ccc(OC(=O)OCc2ccccc2)cc1)NC(=O)OCc1ccccc1. The molecule has 3 aromatic carbocycles. The van der Waals surface area contributed by atoms with Crippen LogP contribution in [-0.2, 0) is 38.6 Å². The van der Waals surface area contributed by atoms with Crippen molar-refractivity contribution >= 4 is 18.2 Å². The van der Waals surface area contributed by atoms with Crippen molar-refractivity contribution in [3.05, 3.63) is 102 Å². The molecule has 9 heteroatoms. The molecule has 0 aliphatic rings. The van der Waals surface area contributed by atoms with Crippen LogP contribution in [0.1, 0.15) is 23.1 Å². The first kappa shape index (κ1) is 28.2. The fourth-order valence-corrected chi connectivity index (χ4v) is 3.44. The van der Waals surface area contributed by atoms with Gasteiger partial charge in [0.25, 0.3) is 0 Å². The summed E-state index contributed by atoms with van der Waals surface area (Å²) in [6, 6.07) is 24.3. The summed E-state index contributed by atoms with van der Waals surface area (Å²) in [6.45, 7) is 1.10. The van der Waals surface area contributed by atoms with E-state index in [1.807, 2.05) is 60.7 Å². The molecule has 0 heterocycles. The summed E-state index contributed by atoms with van der Waals surface area (Å²) in [5.41, 5.74) is 2.43. The third-order valence-corrected chi connectivity index (χ3v) is 5.41. The van der Waals surface area contributed by atoms with Gasteiger partial charge in [0.2, 0.25) is 5.91 Å². The van der Waals surface area contributed by atoms with Gasteiger partial charge in [-0.15, -0.1) is 0 Å². The zero-order valence-electron chi connectivity index (χ0n) is 21.3. The molecule has 0 aliphatic carbocycles. The number of methoxy groups -OCH3 is 1. The van der Waals surface area contributed by atoms with Crippen LogP contribution in [0.2, 0.25) is 0 Å². The summed E-state index contributed by atoms with van der Waals surface area (Å²) in [4.78, 5) is 37.2. The van der Waals surface area contributed by atoms with Gasteiger partial charge < -0.3 is 29.6 Å². The highest BCUT2D eigenvalue weighted by molar-refractivity contribution is 5.85. The lowest BCUT2D eigenvalue weighted by atomic mass is 10.1. The van der Waals surface area contributed by atoms with Gasteiger partial charge in [-0.2, -0.15) is 0 Å². The molecule has 3 aromatic rings. The zero-order valence-corrected chi connectivity index (χ0v) is 21.3. The maximum absolute atomic E-state index is 12.8. The quantitative estimate of drug-likeness (QED) is 0.195. The Morgan fingerprint density at radius 1 is 0.763 bits per heavy atom. The standard InChI is InChI=1S/C29H32N2O7/c1-35-18-8-17-30-27(32)26(31-28(33)36-20-23-9-4-2-5-10-23)19-22-13-15-25(16-14-22)38-29(34)37-21-24-11-6-3-7-12-24/h2-7,9-16,26H,8,17-21H2,1H3,(H,30,32)(H,31,33)/t26-/m0/s1. The highest BCUT2D eigenvalue weighted by Gasteiger charge is 2.22. The molecular formula is C29H32N2O7. The summed E-state index contributed by atoms with van der Waals surface area (Å²) in [5, 5.41) is 5.45. The molecular weight excluding hydrogens is 488 g/mol. The molecule has 0 aromatic heterocycles. The van der Waals surface area contributed by atoms with Crippen LogP contribution in [-0.4, -0.2) is 44.5 Å². The Hall–Kier alpha value is -4.37. The van der Waals surface area contributed by atoms with E-state index in [0.717, 1.165) is 16.7 Å². The number of nitrogens with one attached hydrogen (secondary N) is 2. The molecule has 3 rings (SSSR count). The number of ether oxygens (including phenoxy) is 4. The van der Waals surface area contributed by atoms with E-state index >= 15 is 0 Å². The number of amides is 2. The fraction of sp³-hybridized carbons (Fsp3) is 0.276. The Bertz CT molecular complexity index is 1140.